The third-order valence-electron chi connectivity index (χ3n) is 4.19. The number of anilines is 1. The standard InChI is InChI=1S/C20H20Cl2N4O8/c1-31-19(27)33-9-7-25(8-10-34-20(28)32-2)14-5-3-13(4-6-14)23-24-18-16(21)11-15(26(29)30)12-17(18)22/h3-6,11-12H,7-10H2,1-2H3. The number of nitro groups is 1. The number of carbonyl (C=O) groups excluding carboxylic acids is 2. The fraction of sp³-hybridized carbons (Fsp3) is 0.300. The lowest BCUT2D eigenvalue weighted by Crippen LogP contribution is -2.32. The monoisotopic (exact) mass is 514 g/mol. The van der Waals surface area contributed by atoms with Crippen LogP contribution in [0.15, 0.2) is 46.6 Å². The van der Waals surface area contributed by atoms with E-state index in [2.05, 4.69) is 19.7 Å². The van der Waals surface area contributed by atoms with Crippen molar-refractivity contribution >= 4 is 58.3 Å². The molecule has 2 aromatic carbocycles. The molecule has 0 fully saturated rings. The van der Waals surface area contributed by atoms with E-state index in [0.29, 0.717) is 11.4 Å². The fourth-order valence-corrected chi connectivity index (χ4v) is 3.11. The Morgan fingerprint density at radius 1 is 0.941 bits per heavy atom. The third kappa shape index (κ3) is 8.05. The molecule has 182 valence electrons. The van der Waals surface area contributed by atoms with Crippen molar-refractivity contribution in [1.82, 2.24) is 0 Å². The third-order valence-corrected chi connectivity index (χ3v) is 4.76. The molecule has 0 aliphatic carbocycles. The molecule has 0 aliphatic rings. The Labute approximate surface area is 204 Å². The van der Waals surface area contributed by atoms with Crippen molar-refractivity contribution in [2.45, 2.75) is 0 Å². The summed E-state index contributed by atoms with van der Waals surface area (Å²) in [5.74, 6) is 0. The number of hydrogen-bond acceptors (Lipinski definition) is 11. The number of benzene rings is 2. The highest BCUT2D eigenvalue weighted by Gasteiger charge is 2.15. The minimum Gasteiger partial charge on any atom is -0.438 e. The zero-order valence-electron chi connectivity index (χ0n) is 18.1. The Morgan fingerprint density at radius 2 is 1.44 bits per heavy atom. The summed E-state index contributed by atoms with van der Waals surface area (Å²) in [5.41, 5.74) is 1.00. The van der Waals surface area contributed by atoms with Gasteiger partial charge in [-0.1, -0.05) is 23.2 Å². The molecule has 0 N–H and O–H groups in total. The molecule has 0 radical (unpaired) electrons. The summed E-state index contributed by atoms with van der Waals surface area (Å²) in [7, 11) is 2.41. The van der Waals surface area contributed by atoms with Crippen molar-refractivity contribution in [2.75, 3.05) is 45.4 Å². The molecule has 14 heteroatoms. The number of ether oxygens (including phenoxy) is 4. The SMILES string of the molecule is COC(=O)OCCN(CCOC(=O)OC)c1ccc(N=Nc2c(Cl)cc([N+](=O)[O-])cc2Cl)cc1. The van der Waals surface area contributed by atoms with E-state index in [1.807, 2.05) is 0 Å². The maximum Gasteiger partial charge on any atom is 0.508 e. The Balaban J connectivity index is 2.12. The zero-order chi connectivity index (χ0) is 25.1. The number of azo groups is 1. The maximum absolute atomic E-state index is 11.2. The van der Waals surface area contributed by atoms with Crippen LogP contribution in [0.4, 0.5) is 32.3 Å². The van der Waals surface area contributed by atoms with Crippen LogP contribution < -0.4 is 4.90 Å². The number of nitro benzene ring substituents is 1. The van der Waals surface area contributed by atoms with E-state index in [-0.39, 0.29) is 47.7 Å². The molecule has 12 nitrogen and oxygen atoms in total. The molecule has 0 aliphatic heterocycles. The maximum atomic E-state index is 11.2. The molecule has 0 saturated carbocycles. The molecule has 0 aromatic heterocycles. The molecule has 0 spiro atoms. The summed E-state index contributed by atoms with van der Waals surface area (Å²) in [5, 5.41) is 18.9. The van der Waals surface area contributed by atoms with Gasteiger partial charge in [0.15, 0.2) is 0 Å². The molecular weight excluding hydrogens is 495 g/mol. The number of rotatable bonds is 10. The summed E-state index contributed by atoms with van der Waals surface area (Å²) in [6, 6.07) is 9.03. The summed E-state index contributed by atoms with van der Waals surface area (Å²) in [6.45, 7) is 0.635. The Morgan fingerprint density at radius 3 is 1.88 bits per heavy atom. The van der Waals surface area contributed by atoms with Gasteiger partial charge in [0.1, 0.15) is 18.9 Å². The first-order valence-corrected chi connectivity index (χ1v) is 10.3. The molecule has 0 bridgehead atoms. The van der Waals surface area contributed by atoms with Crippen LogP contribution >= 0.6 is 23.2 Å². The fourth-order valence-electron chi connectivity index (χ4n) is 2.56. The van der Waals surface area contributed by atoms with Crippen LogP contribution in [0, 0.1) is 10.1 Å². The number of non-ortho nitro benzene ring substituents is 1. The van der Waals surface area contributed by atoms with Crippen LogP contribution in [-0.2, 0) is 18.9 Å². The largest absolute Gasteiger partial charge is 0.508 e. The normalized spacial score (nSPS) is 10.6. The average Bonchev–Trinajstić information content (AvgIpc) is 2.82. The molecule has 0 saturated heterocycles. The Kier molecular flexibility index (Phi) is 10.3. The number of halogens is 2. The van der Waals surface area contributed by atoms with Crippen molar-refractivity contribution in [1.29, 1.82) is 0 Å². The Hall–Kier alpha value is -3.64. The molecule has 34 heavy (non-hydrogen) atoms. The predicted molar refractivity (Wildman–Crippen MR) is 123 cm³/mol. The van der Waals surface area contributed by atoms with Gasteiger partial charge in [-0.15, -0.1) is 5.11 Å². The number of methoxy groups -OCH3 is 2. The second-order valence-electron chi connectivity index (χ2n) is 6.32. The minimum absolute atomic E-state index is 0.0121. The molecule has 2 aromatic rings. The van der Waals surface area contributed by atoms with Gasteiger partial charge in [-0.25, -0.2) is 9.59 Å². The van der Waals surface area contributed by atoms with Gasteiger partial charge < -0.3 is 23.8 Å². The van der Waals surface area contributed by atoms with E-state index in [1.165, 1.54) is 14.2 Å². The van der Waals surface area contributed by atoms with Gasteiger partial charge in [0.25, 0.3) is 5.69 Å². The van der Waals surface area contributed by atoms with Crippen LogP contribution in [0.3, 0.4) is 0 Å². The molecule has 0 heterocycles. The van der Waals surface area contributed by atoms with E-state index in [4.69, 9.17) is 32.7 Å². The van der Waals surface area contributed by atoms with Crippen molar-refractivity contribution in [2.24, 2.45) is 10.2 Å². The van der Waals surface area contributed by atoms with Gasteiger partial charge in [-0.3, -0.25) is 10.1 Å². The quantitative estimate of drug-likeness (QED) is 0.169. The van der Waals surface area contributed by atoms with Crippen LogP contribution in [-0.4, -0.2) is 57.8 Å². The van der Waals surface area contributed by atoms with Crippen LogP contribution in [0.2, 0.25) is 10.0 Å². The highest BCUT2D eigenvalue weighted by atomic mass is 35.5. The van der Waals surface area contributed by atoms with Gasteiger partial charge >= 0.3 is 12.3 Å². The number of nitrogens with zero attached hydrogens (tertiary/aromatic N) is 4. The minimum atomic E-state index is -0.815. The lowest BCUT2D eigenvalue weighted by Gasteiger charge is -2.24. The van der Waals surface area contributed by atoms with E-state index in [9.17, 15) is 19.7 Å². The molecule has 0 amide bonds. The van der Waals surface area contributed by atoms with Crippen LogP contribution in [0.5, 0.6) is 0 Å². The molecule has 0 unspecified atom stereocenters. The number of hydrogen-bond donors (Lipinski definition) is 0. The second kappa shape index (κ2) is 13.2. The van der Waals surface area contributed by atoms with Gasteiger partial charge in [0, 0.05) is 17.8 Å². The van der Waals surface area contributed by atoms with Gasteiger partial charge in [0.05, 0.1) is 48.0 Å². The van der Waals surface area contributed by atoms with Crippen LogP contribution in [0.1, 0.15) is 0 Å². The number of carbonyl (C=O) groups is 2. The predicted octanol–water partition coefficient (Wildman–Crippen LogP) is 5.69. The first-order chi connectivity index (χ1) is 16.2. The second-order valence-corrected chi connectivity index (χ2v) is 7.14. The average molecular weight is 515 g/mol. The van der Waals surface area contributed by atoms with Crippen LogP contribution in [0.25, 0.3) is 0 Å². The summed E-state index contributed by atoms with van der Waals surface area (Å²) in [4.78, 5) is 34.4. The highest BCUT2D eigenvalue weighted by molar-refractivity contribution is 6.39. The molecule has 2 rings (SSSR count). The van der Waals surface area contributed by atoms with Gasteiger partial charge in [0.2, 0.25) is 0 Å². The zero-order valence-corrected chi connectivity index (χ0v) is 19.6. The van der Waals surface area contributed by atoms with E-state index >= 15 is 0 Å². The van der Waals surface area contributed by atoms with Crippen molar-refractivity contribution in [3.63, 3.8) is 0 Å². The lowest BCUT2D eigenvalue weighted by molar-refractivity contribution is -0.384. The highest BCUT2D eigenvalue weighted by Crippen LogP contribution is 2.37. The Bertz CT molecular complexity index is 1000. The first kappa shape index (κ1) is 26.6. The van der Waals surface area contributed by atoms with Crippen molar-refractivity contribution in [3.05, 3.63) is 56.6 Å². The van der Waals surface area contributed by atoms with E-state index in [0.717, 1.165) is 12.1 Å². The molecule has 0 atom stereocenters. The van der Waals surface area contributed by atoms with Crippen molar-refractivity contribution < 1.29 is 33.5 Å². The van der Waals surface area contributed by atoms with E-state index in [1.54, 1.807) is 29.2 Å². The van der Waals surface area contributed by atoms with Gasteiger partial charge in [-0.05, 0) is 24.3 Å². The van der Waals surface area contributed by atoms with Gasteiger partial charge in [-0.2, -0.15) is 5.11 Å². The summed E-state index contributed by atoms with van der Waals surface area (Å²) >= 11 is 12.1. The van der Waals surface area contributed by atoms with Crippen molar-refractivity contribution in [3.8, 4) is 0 Å². The summed E-state index contributed by atoms with van der Waals surface area (Å²) in [6.07, 6.45) is -1.63. The molecular formula is C20H20Cl2N4O8. The summed E-state index contributed by atoms with van der Waals surface area (Å²) < 4.78 is 18.7. The van der Waals surface area contributed by atoms with E-state index < -0.39 is 17.2 Å². The lowest BCUT2D eigenvalue weighted by atomic mass is 10.2. The first-order valence-electron chi connectivity index (χ1n) is 9.56. The topological polar surface area (TPSA) is 142 Å². The smallest absolute Gasteiger partial charge is 0.438 e.